The number of primary amides is 1. The number of carbonyl (C=O) groups excluding carboxylic acids is 1. The highest BCUT2D eigenvalue weighted by molar-refractivity contribution is 6.33. The summed E-state index contributed by atoms with van der Waals surface area (Å²) in [5, 5.41) is 3.62. The third kappa shape index (κ3) is 3.17. The van der Waals surface area contributed by atoms with E-state index in [-0.39, 0.29) is 0 Å². The fourth-order valence-electron chi connectivity index (χ4n) is 1.70. The monoisotopic (exact) mass is 275 g/mol. The SMILES string of the molecule is NC(=O)c1ccc(NCc2ccccc2N)c(Cl)c1. The van der Waals surface area contributed by atoms with E-state index in [0.717, 1.165) is 16.9 Å². The molecule has 0 radical (unpaired) electrons. The molecule has 0 fully saturated rings. The Hall–Kier alpha value is -2.20. The zero-order valence-corrected chi connectivity index (χ0v) is 10.9. The maximum atomic E-state index is 11.0. The second kappa shape index (κ2) is 5.63. The van der Waals surface area contributed by atoms with Crippen molar-refractivity contribution in [1.29, 1.82) is 0 Å². The Labute approximate surface area is 116 Å². The Morgan fingerprint density at radius 3 is 2.58 bits per heavy atom. The van der Waals surface area contributed by atoms with Gasteiger partial charge in [-0.3, -0.25) is 4.79 Å². The highest BCUT2D eigenvalue weighted by Crippen LogP contribution is 2.24. The van der Waals surface area contributed by atoms with Crippen LogP contribution in [0.3, 0.4) is 0 Å². The van der Waals surface area contributed by atoms with Gasteiger partial charge in [0.05, 0.1) is 10.7 Å². The maximum absolute atomic E-state index is 11.0. The molecule has 0 aliphatic carbocycles. The van der Waals surface area contributed by atoms with E-state index in [4.69, 9.17) is 23.1 Å². The minimum atomic E-state index is -0.499. The van der Waals surface area contributed by atoms with Crippen molar-refractivity contribution < 1.29 is 4.79 Å². The Balaban J connectivity index is 2.12. The summed E-state index contributed by atoms with van der Waals surface area (Å²) in [7, 11) is 0. The summed E-state index contributed by atoms with van der Waals surface area (Å²) in [6, 6.07) is 12.5. The van der Waals surface area contributed by atoms with Gasteiger partial charge in [0.25, 0.3) is 0 Å². The molecule has 19 heavy (non-hydrogen) atoms. The number of hydrogen-bond acceptors (Lipinski definition) is 3. The summed E-state index contributed by atoms with van der Waals surface area (Å²) in [6.45, 7) is 0.558. The van der Waals surface area contributed by atoms with Gasteiger partial charge in [0.15, 0.2) is 0 Å². The molecular weight excluding hydrogens is 262 g/mol. The third-order valence-electron chi connectivity index (χ3n) is 2.78. The number of hydrogen-bond donors (Lipinski definition) is 3. The molecule has 0 heterocycles. The summed E-state index contributed by atoms with van der Waals surface area (Å²) in [4.78, 5) is 11.0. The molecule has 0 unspecified atom stereocenters. The Morgan fingerprint density at radius 2 is 1.95 bits per heavy atom. The molecule has 0 saturated heterocycles. The molecule has 2 aromatic carbocycles. The molecule has 98 valence electrons. The fraction of sp³-hybridized carbons (Fsp3) is 0.0714. The number of halogens is 1. The van der Waals surface area contributed by atoms with Crippen LogP contribution in [-0.4, -0.2) is 5.91 Å². The van der Waals surface area contributed by atoms with E-state index in [2.05, 4.69) is 5.32 Å². The normalized spacial score (nSPS) is 10.2. The number of rotatable bonds is 4. The number of benzene rings is 2. The van der Waals surface area contributed by atoms with Crippen molar-refractivity contribution in [3.05, 3.63) is 58.6 Å². The number of nitrogens with one attached hydrogen (secondary N) is 1. The van der Waals surface area contributed by atoms with Crippen molar-refractivity contribution in [2.75, 3.05) is 11.1 Å². The van der Waals surface area contributed by atoms with Crippen LogP contribution in [0.5, 0.6) is 0 Å². The Bertz CT molecular complexity index is 613. The van der Waals surface area contributed by atoms with Crippen molar-refractivity contribution in [1.82, 2.24) is 0 Å². The number of para-hydroxylation sites is 1. The minimum absolute atomic E-state index is 0.384. The zero-order valence-electron chi connectivity index (χ0n) is 10.2. The molecule has 1 amide bonds. The summed E-state index contributed by atoms with van der Waals surface area (Å²) in [5.41, 5.74) is 13.9. The Morgan fingerprint density at radius 1 is 1.21 bits per heavy atom. The molecule has 5 heteroatoms. The molecule has 2 aromatic rings. The number of nitrogen functional groups attached to an aromatic ring is 1. The molecule has 0 aromatic heterocycles. The molecule has 0 atom stereocenters. The van der Waals surface area contributed by atoms with E-state index in [0.29, 0.717) is 17.1 Å². The first-order valence-electron chi connectivity index (χ1n) is 5.74. The highest BCUT2D eigenvalue weighted by atomic mass is 35.5. The van der Waals surface area contributed by atoms with Gasteiger partial charge < -0.3 is 16.8 Å². The van der Waals surface area contributed by atoms with Gasteiger partial charge in [-0.1, -0.05) is 29.8 Å². The summed E-state index contributed by atoms with van der Waals surface area (Å²) >= 11 is 6.08. The second-order valence-electron chi connectivity index (χ2n) is 4.11. The molecule has 4 nitrogen and oxygen atoms in total. The van der Waals surface area contributed by atoms with E-state index in [1.165, 1.54) is 0 Å². The standard InChI is InChI=1S/C14H14ClN3O/c15-11-7-9(14(17)19)5-6-13(11)18-8-10-3-1-2-4-12(10)16/h1-7,18H,8,16H2,(H2,17,19). The van der Waals surface area contributed by atoms with Crippen LogP contribution in [0.15, 0.2) is 42.5 Å². The van der Waals surface area contributed by atoms with E-state index in [1.54, 1.807) is 18.2 Å². The molecular formula is C14H14ClN3O. The zero-order chi connectivity index (χ0) is 13.8. The summed E-state index contributed by atoms with van der Waals surface area (Å²) < 4.78 is 0. The van der Waals surface area contributed by atoms with Gasteiger partial charge in [-0.15, -0.1) is 0 Å². The van der Waals surface area contributed by atoms with Gasteiger partial charge in [-0.2, -0.15) is 0 Å². The molecule has 2 rings (SSSR count). The molecule has 0 aliphatic rings. The lowest BCUT2D eigenvalue weighted by Crippen LogP contribution is -2.11. The van der Waals surface area contributed by atoms with Gasteiger partial charge in [-0.25, -0.2) is 0 Å². The van der Waals surface area contributed by atoms with Gasteiger partial charge in [0.2, 0.25) is 5.91 Å². The minimum Gasteiger partial charge on any atom is -0.398 e. The van der Waals surface area contributed by atoms with Crippen LogP contribution < -0.4 is 16.8 Å². The average Bonchev–Trinajstić information content (AvgIpc) is 2.39. The van der Waals surface area contributed by atoms with Crippen molar-refractivity contribution in [2.45, 2.75) is 6.54 Å². The lowest BCUT2D eigenvalue weighted by atomic mass is 10.1. The summed E-state index contributed by atoms with van der Waals surface area (Å²) in [6.07, 6.45) is 0. The highest BCUT2D eigenvalue weighted by Gasteiger charge is 2.06. The van der Waals surface area contributed by atoms with Crippen molar-refractivity contribution in [3.63, 3.8) is 0 Å². The molecule has 0 saturated carbocycles. The van der Waals surface area contributed by atoms with Gasteiger partial charge in [-0.05, 0) is 29.8 Å². The smallest absolute Gasteiger partial charge is 0.248 e. The second-order valence-corrected chi connectivity index (χ2v) is 4.52. The fourth-order valence-corrected chi connectivity index (χ4v) is 1.94. The predicted molar refractivity (Wildman–Crippen MR) is 78.2 cm³/mol. The van der Waals surface area contributed by atoms with E-state index < -0.39 is 5.91 Å². The predicted octanol–water partition coefficient (Wildman–Crippen LogP) is 2.63. The molecule has 0 aliphatic heterocycles. The number of nitrogens with two attached hydrogens (primary N) is 2. The number of anilines is 2. The molecule has 0 bridgehead atoms. The van der Waals surface area contributed by atoms with Crippen LogP contribution in [-0.2, 0) is 6.54 Å². The largest absolute Gasteiger partial charge is 0.398 e. The average molecular weight is 276 g/mol. The van der Waals surface area contributed by atoms with E-state index in [9.17, 15) is 4.79 Å². The van der Waals surface area contributed by atoms with Gasteiger partial charge >= 0.3 is 0 Å². The van der Waals surface area contributed by atoms with Crippen LogP contribution >= 0.6 is 11.6 Å². The van der Waals surface area contributed by atoms with Gasteiger partial charge in [0, 0.05) is 17.8 Å². The van der Waals surface area contributed by atoms with Crippen LogP contribution in [0.25, 0.3) is 0 Å². The van der Waals surface area contributed by atoms with Crippen LogP contribution in [0.4, 0.5) is 11.4 Å². The maximum Gasteiger partial charge on any atom is 0.248 e. The summed E-state index contributed by atoms with van der Waals surface area (Å²) in [5.74, 6) is -0.499. The van der Waals surface area contributed by atoms with E-state index >= 15 is 0 Å². The van der Waals surface area contributed by atoms with Crippen LogP contribution in [0, 0.1) is 0 Å². The third-order valence-corrected chi connectivity index (χ3v) is 3.09. The van der Waals surface area contributed by atoms with Crippen LogP contribution in [0.1, 0.15) is 15.9 Å². The van der Waals surface area contributed by atoms with Crippen molar-refractivity contribution in [3.8, 4) is 0 Å². The van der Waals surface area contributed by atoms with Crippen LogP contribution in [0.2, 0.25) is 5.02 Å². The number of amides is 1. The quantitative estimate of drug-likeness (QED) is 0.750. The number of carbonyl (C=O) groups is 1. The topological polar surface area (TPSA) is 81.1 Å². The first kappa shape index (κ1) is 13.2. The van der Waals surface area contributed by atoms with Gasteiger partial charge in [0.1, 0.15) is 0 Å². The van der Waals surface area contributed by atoms with Crippen molar-refractivity contribution in [2.24, 2.45) is 5.73 Å². The Kier molecular flexibility index (Phi) is 3.92. The molecule has 0 spiro atoms. The first-order valence-corrected chi connectivity index (χ1v) is 6.12. The first-order chi connectivity index (χ1) is 9.08. The lowest BCUT2D eigenvalue weighted by Gasteiger charge is -2.10. The lowest BCUT2D eigenvalue weighted by molar-refractivity contribution is 0.100. The molecule has 5 N–H and O–H groups in total. The van der Waals surface area contributed by atoms with E-state index in [1.807, 2.05) is 24.3 Å². The van der Waals surface area contributed by atoms with Crippen molar-refractivity contribution >= 4 is 28.9 Å².